The third-order valence-corrected chi connectivity index (χ3v) is 9.81. The van der Waals surface area contributed by atoms with E-state index in [0.717, 1.165) is 89.9 Å². The number of carbonyl (C=O) groups is 3. The highest BCUT2D eigenvalue weighted by atomic mass is 16.6. The van der Waals surface area contributed by atoms with Gasteiger partial charge < -0.3 is 14.2 Å². The molecule has 0 rings (SSSR count). The number of esters is 3. The molecule has 0 N–H and O–H groups in total. The van der Waals surface area contributed by atoms with Crippen molar-refractivity contribution in [3.05, 3.63) is 134 Å². The van der Waals surface area contributed by atoms with Crippen LogP contribution in [0.25, 0.3) is 0 Å². The Morgan fingerprint density at radius 2 is 0.698 bits per heavy atom. The van der Waals surface area contributed by atoms with Gasteiger partial charge in [-0.2, -0.15) is 0 Å². The maximum absolute atomic E-state index is 12.8. The lowest BCUT2D eigenvalue weighted by Crippen LogP contribution is -2.30. The van der Waals surface area contributed by atoms with E-state index in [1.807, 2.05) is 72.9 Å². The lowest BCUT2D eigenvalue weighted by Gasteiger charge is -2.18. The van der Waals surface area contributed by atoms with Crippen LogP contribution in [0.1, 0.15) is 188 Å². The van der Waals surface area contributed by atoms with Gasteiger partial charge in [-0.25, -0.2) is 0 Å². The van der Waals surface area contributed by atoms with E-state index in [1.165, 1.54) is 44.9 Å². The van der Waals surface area contributed by atoms with Crippen LogP contribution in [0.3, 0.4) is 0 Å². The summed E-state index contributed by atoms with van der Waals surface area (Å²) in [7, 11) is 0. The van der Waals surface area contributed by atoms with Crippen LogP contribution in [0, 0.1) is 0 Å². The van der Waals surface area contributed by atoms with Gasteiger partial charge in [-0.15, -0.1) is 0 Å². The summed E-state index contributed by atoms with van der Waals surface area (Å²) in [5, 5.41) is 0. The number of hydrogen-bond donors (Lipinski definition) is 0. The Balaban J connectivity index is 4.58. The second-order valence-corrected chi connectivity index (χ2v) is 15.8. The first-order valence-electron chi connectivity index (χ1n) is 24.8. The van der Waals surface area contributed by atoms with Crippen LogP contribution >= 0.6 is 0 Å². The van der Waals surface area contributed by atoms with Crippen molar-refractivity contribution in [3.63, 3.8) is 0 Å². The molecule has 0 bridgehead atoms. The maximum atomic E-state index is 12.8. The van der Waals surface area contributed by atoms with Gasteiger partial charge in [-0.05, 0) is 96.3 Å². The molecular formula is C57H88O6. The Kier molecular flexibility index (Phi) is 46.7. The normalized spacial score (nSPS) is 13.3. The number of ether oxygens (including phenoxy) is 3. The number of unbranched alkanes of at least 4 members (excludes halogenated alkanes) is 15. The van der Waals surface area contributed by atoms with E-state index < -0.39 is 6.10 Å². The molecule has 0 fully saturated rings. The number of allylic oxidation sites excluding steroid dienone is 22. The van der Waals surface area contributed by atoms with E-state index in [-0.39, 0.29) is 44.0 Å². The average Bonchev–Trinajstić information content (AvgIpc) is 3.28. The molecule has 0 aromatic heterocycles. The lowest BCUT2D eigenvalue weighted by atomic mass is 10.1. The molecule has 0 radical (unpaired) electrons. The van der Waals surface area contributed by atoms with Crippen LogP contribution in [0.4, 0.5) is 0 Å². The fourth-order valence-electron chi connectivity index (χ4n) is 6.14. The van der Waals surface area contributed by atoms with E-state index in [9.17, 15) is 14.4 Å². The quantitative estimate of drug-likeness (QED) is 0.0200. The van der Waals surface area contributed by atoms with E-state index in [1.54, 1.807) is 0 Å². The minimum absolute atomic E-state index is 0.124. The summed E-state index contributed by atoms with van der Waals surface area (Å²) >= 11 is 0. The molecular weight excluding hydrogens is 781 g/mol. The Morgan fingerprint density at radius 3 is 1.21 bits per heavy atom. The van der Waals surface area contributed by atoms with Crippen LogP contribution in [-0.4, -0.2) is 37.2 Å². The van der Waals surface area contributed by atoms with E-state index in [0.29, 0.717) is 19.3 Å². The van der Waals surface area contributed by atoms with Gasteiger partial charge in [0.1, 0.15) is 13.2 Å². The Bertz CT molecular complexity index is 1420. The van der Waals surface area contributed by atoms with Crippen molar-refractivity contribution in [1.82, 2.24) is 0 Å². The van der Waals surface area contributed by atoms with E-state index in [2.05, 4.69) is 81.5 Å². The second-order valence-electron chi connectivity index (χ2n) is 15.8. The second kappa shape index (κ2) is 50.2. The van der Waals surface area contributed by atoms with Gasteiger partial charge >= 0.3 is 17.9 Å². The Labute approximate surface area is 385 Å². The monoisotopic (exact) mass is 869 g/mol. The third kappa shape index (κ3) is 48.4. The molecule has 0 saturated carbocycles. The van der Waals surface area contributed by atoms with Gasteiger partial charge in [0.2, 0.25) is 0 Å². The summed E-state index contributed by atoms with van der Waals surface area (Å²) in [6, 6.07) is 0. The first-order chi connectivity index (χ1) is 31.0. The molecule has 6 nitrogen and oxygen atoms in total. The summed E-state index contributed by atoms with van der Waals surface area (Å²) in [5.74, 6) is -1.03. The summed E-state index contributed by atoms with van der Waals surface area (Å²) in [6.45, 7) is 6.25. The smallest absolute Gasteiger partial charge is 0.306 e. The summed E-state index contributed by atoms with van der Waals surface area (Å²) in [4.78, 5) is 37.9. The SMILES string of the molecule is CC\C=C/C=C\C=C/C=C\C=C\C=C/C=C\CCCCCC(=O)OCC(COC(=O)CCCC/C=C\C/C=C\C/C=C\CC)OC(=O)CCCCC/C=C\CCCCCCCCC. The zero-order valence-corrected chi connectivity index (χ0v) is 40.0. The minimum atomic E-state index is -0.824. The van der Waals surface area contributed by atoms with Crippen LogP contribution in [0.5, 0.6) is 0 Å². The number of carbonyl (C=O) groups excluding carboxylic acids is 3. The predicted molar refractivity (Wildman–Crippen MR) is 269 cm³/mol. The number of hydrogen-bond acceptors (Lipinski definition) is 6. The number of rotatable bonds is 42. The van der Waals surface area contributed by atoms with Crippen molar-refractivity contribution < 1.29 is 28.6 Å². The molecule has 0 aliphatic carbocycles. The highest BCUT2D eigenvalue weighted by Gasteiger charge is 2.19. The molecule has 1 atom stereocenters. The zero-order valence-electron chi connectivity index (χ0n) is 40.0. The van der Waals surface area contributed by atoms with Gasteiger partial charge in [0.15, 0.2) is 6.10 Å². The average molecular weight is 869 g/mol. The van der Waals surface area contributed by atoms with Gasteiger partial charge in [-0.3, -0.25) is 14.4 Å². The van der Waals surface area contributed by atoms with Crippen LogP contribution in [0.15, 0.2) is 134 Å². The molecule has 0 aliphatic heterocycles. The van der Waals surface area contributed by atoms with Gasteiger partial charge in [0, 0.05) is 19.3 Å². The summed E-state index contributed by atoms with van der Waals surface area (Å²) in [5.41, 5.74) is 0. The first kappa shape index (κ1) is 58.6. The lowest BCUT2D eigenvalue weighted by molar-refractivity contribution is -0.167. The van der Waals surface area contributed by atoms with Gasteiger partial charge in [0.25, 0.3) is 0 Å². The standard InChI is InChI=1S/C57H88O6/c1-4-7-10-13-16-19-22-25-27-28-29-30-31-33-35-38-41-44-47-50-56(59)62-53-54(52-61-55(58)49-46-43-40-37-34-24-21-18-15-12-9-6-3)63-57(60)51-48-45-42-39-36-32-26-23-20-17-14-11-8-5-2/h7,9-10,12-13,16,18-19,21-22,25,27-37,54H,4-6,8,11,14-15,17,20,23-24,26,38-53H2,1-3H3/b10-7-,12-9-,16-13-,21-18-,22-19-,27-25-,29-28+,31-30-,35-33-,36-32-,37-34-. The molecule has 0 spiro atoms. The highest BCUT2D eigenvalue weighted by molar-refractivity contribution is 5.71. The fraction of sp³-hybridized carbons (Fsp3) is 0.561. The summed E-state index contributed by atoms with van der Waals surface area (Å²) in [6.07, 6.45) is 70.0. The zero-order chi connectivity index (χ0) is 45.8. The van der Waals surface area contributed by atoms with Crippen LogP contribution in [0.2, 0.25) is 0 Å². The van der Waals surface area contributed by atoms with Crippen molar-refractivity contribution in [2.45, 2.75) is 194 Å². The van der Waals surface area contributed by atoms with Crippen LogP contribution in [-0.2, 0) is 28.6 Å². The molecule has 0 amide bonds. The largest absolute Gasteiger partial charge is 0.462 e. The molecule has 6 heteroatoms. The molecule has 0 aliphatic rings. The fourth-order valence-corrected chi connectivity index (χ4v) is 6.14. The van der Waals surface area contributed by atoms with Crippen molar-refractivity contribution in [1.29, 1.82) is 0 Å². The van der Waals surface area contributed by atoms with Crippen molar-refractivity contribution in [3.8, 4) is 0 Å². The molecule has 352 valence electrons. The third-order valence-electron chi connectivity index (χ3n) is 9.81. The molecule has 0 heterocycles. The molecule has 1 unspecified atom stereocenters. The Morgan fingerprint density at radius 1 is 0.349 bits per heavy atom. The highest BCUT2D eigenvalue weighted by Crippen LogP contribution is 2.12. The molecule has 63 heavy (non-hydrogen) atoms. The molecule has 0 aromatic rings. The van der Waals surface area contributed by atoms with E-state index in [4.69, 9.17) is 14.2 Å². The van der Waals surface area contributed by atoms with Crippen molar-refractivity contribution in [2.75, 3.05) is 13.2 Å². The van der Waals surface area contributed by atoms with Crippen molar-refractivity contribution in [2.24, 2.45) is 0 Å². The minimum Gasteiger partial charge on any atom is -0.462 e. The molecule has 0 saturated heterocycles. The topological polar surface area (TPSA) is 78.9 Å². The van der Waals surface area contributed by atoms with Gasteiger partial charge in [0.05, 0.1) is 0 Å². The van der Waals surface area contributed by atoms with Crippen molar-refractivity contribution >= 4 is 17.9 Å². The molecule has 0 aromatic carbocycles. The van der Waals surface area contributed by atoms with Crippen LogP contribution < -0.4 is 0 Å². The summed E-state index contributed by atoms with van der Waals surface area (Å²) < 4.78 is 16.7. The van der Waals surface area contributed by atoms with Gasteiger partial charge in [-0.1, -0.05) is 206 Å². The Hall–Kier alpha value is -4.45. The first-order valence-corrected chi connectivity index (χ1v) is 24.8. The maximum Gasteiger partial charge on any atom is 0.306 e. The predicted octanol–water partition coefficient (Wildman–Crippen LogP) is 16.3. The van der Waals surface area contributed by atoms with E-state index >= 15 is 0 Å².